The number of anilines is 1. The standard InChI is InChI=1S/C8H11N3O4S/c1-3-15-7(12)5-4-10-8(11-6(5)9)16(2,13)14/h4H,3H2,1-2H3,(H2,9,10,11). The molecule has 88 valence electrons. The number of nitrogen functional groups attached to an aromatic ring is 1. The maximum Gasteiger partial charge on any atom is 0.343 e. The van der Waals surface area contributed by atoms with E-state index in [2.05, 4.69) is 14.7 Å². The molecule has 2 N–H and O–H groups in total. The highest BCUT2D eigenvalue weighted by molar-refractivity contribution is 7.90. The molecule has 16 heavy (non-hydrogen) atoms. The van der Waals surface area contributed by atoms with E-state index in [0.717, 1.165) is 12.5 Å². The number of aromatic nitrogens is 2. The van der Waals surface area contributed by atoms with Crippen LogP contribution in [0.15, 0.2) is 11.4 Å². The van der Waals surface area contributed by atoms with Crippen molar-refractivity contribution < 1.29 is 17.9 Å². The zero-order valence-corrected chi connectivity index (χ0v) is 9.61. The number of rotatable bonds is 3. The van der Waals surface area contributed by atoms with Crippen LogP contribution in [0.5, 0.6) is 0 Å². The summed E-state index contributed by atoms with van der Waals surface area (Å²) in [6, 6.07) is 0. The molecule has 1 aromatic rings. The fourth-order valence-corrected chi connectivity index (χ4v) is 1.43. The van der Waals surface area contributed by atoms with Gasteiger partial charge in [0.1, 0.15) is 11.4 Å². The third-order valence-electron chi connectivity index (χ3n) is 1.62. The van der Waals surface area contributed by atoms with E-state index in [0.29, 0.717) is 0 Å². The zero-order chi connectivity index (χ0) is 12.3. The molecule has 0 saturated heterocycles. The Kier molecular flexibility index (Phi) is 3.43. The number of carbonyl (C=O) groups is 1. The van der Waals surface area contributed by atoms with E-state index in [1.807, 2.05) is 0 Å². The first-order valence-electron chi connectivity index (χ1n) is 4.36. The molecule has 0 fully saturated rings. The molecule has 8 heteroatoms. The molecule has 1 rings (SSSR count). The summed E-state index contributed by atoms with van der Waals surface area (Å²) in [6.45, 7) is 1.83. The predicted octanol–water partition coefficient (Wildman–Crippen LogP) is -0.361. The first-order chi connectivity index (χ1) is 7.36. The second-order valence-corrected chi connectivity index (χ2v) is 4.85. The second-order valence-electron chi connectivity index (χ2n) is 2.94. The molecule has 0 amide bonds. The predicted molar refractivity (Wildman–Crippen MR) is 55.5 cm³/mol. The number of ether oxygens (including phenoxy) is 1. The highest BCUT2D eigenvalue weighted by Gasteiger charge is 2.17. The maximum absolute atomic E-state index is 11.3. The Hall–Kier alpha value is -1.70. The van der Waals surface area contributed by atoms with Gasteiger partial charge in [0, 0.05) is 12.5 Å². The van der Waals surface area contributed by atoms with Gasteiger partial charge in [0.05, 0.1) is 6.61 Å². The Morgan fingerprint density at radius 3 is 2.62 bits per heavy atom. The average Bonchev–Trinajstić information content (AvgIpc) is 2.16. The van der Waals surface area contributed by atoms with Gasteiger partial charge < -0.3 is 10.5 Å². The SMILES string of the molecule is CCOC(=O)c1cnc(S(C)(=O)=O)nc1N. The molecule has 0 radical (unpaired) electrons. The number of hydrogen-bond acceptors (Lipinski definition) is 7. The highest BCUT2D eigenvalue weighted by Crippen LogP contribution is 2.11. The van der Waals surface area contributed by atoms with E-state index in [1.165, 1.54) is 0 Å². The summed E-state index contributed by atoms with van der Waals surface area (Å²) in [5, 5.41) is -0.418. The minimum absolute atomic E-state index is 0.0470. The lowest BCUT2D eigenvalue weighted by atomic mass is 10.3. The normalized spacial score (nSPS) is 11.1. The number of sulfone groups is 1. The molecule has 1 heterocycles. The number of nitrogens with zero attached hydrogens (tertiary/aromatic N) is 2. The Labute approximate surface area is 92.6 Å². The maximum atomic E-state index is 11.3. The summed E-state index contributed by atoms with van der Waals surface area (Å²) >= 11 is 0. The smallest absolute Gasteiger partial charge is 0.343 e. The largest absolute Gasteiger partial charge is 0.462 e. The molecule has 0 spiro atoms. The van der Waals surface area contributed by atoms with Gasteiger partial charge in [-0.2, -0.15) is 0 Å². The van der Waals surface area contributed by atoms with Crippen molar-refractivity contribution in [3.05, 3.63) is 11.8 Å². The minimum atomic E-state index is -3.53. The van der Waals surface area contributed by atoms with Gasteiger partial charge in [0.15, 0.2) is 0 Å². The number of esters is 1. The number of carbonyl (C=O) groups excluding carboxylic acids is 1. The monoisotopic (exact) mass is 245 g/mol. The zero-order valence-electron chi connectivity index (χ0n) is 8.80. The van der Waals surface area contributed by atoms with Crippen LogP contribution in [0.4, 0.5) is 5.82 Å². The number of nitrogens with two attached hydrogens (primary N) is 1. The van der Waals surface area contributed by atoms with Crippen molar-refractivity contribution in [2.75, 3.05) is 18.6 Å². The van der Waals surface area contributed by atoms with Gasteiger partial charge in [-0.15, -0.1) is 0 Å². The van der Waals surface area contributed by atoms with Gasteiger partial charge in [-0.1, -0.05) is 0 Å². The third kappa shape index (κ3) is 2.66. The lowest BCUT2D eigenvalue weighted by Crippen LogP contribution is -2.13. The van der Waals surface area contributed by atoms with Crippen LogP contribution in [0.2, 0.25) is 0 Å². The molecule has 0 aliphatic carbocycles. The van der Waals surface area contributed by atoms with Crippen LogP contribution >= 0.6 is 0 Å². The van der Waals surface area contributed by atoms with E-state index < -0.39 is 21.0 Å². The molecule has 0 aliphatic heterocycles. The summed E-state index contributed by atoms with van der Waals surface area (Å²) in [5.41, 5.74) is 5.39. The van der Waals surface area contributed by atoms with Crippen LogP contribution in [-0.2, 0) is 14.6 Å². The molecule has 0 atom stereocenters. The van der Waals surface area contributed by atoms with Crippen LogP contribution in [0, 0.1) is 0 Å². The Morgan fingerprint density at radius 2 is 2.19 bits per heavy atom. The molecule has 1 aromatic heterocycles. The van der Waals surface area contributed by atoms with Crippen LogP contribution in [0.3, 0.4) is 0 Å². The average molecular weight is 245 g/mol. The van der Waals surface area contributed by atoms with Crippen molar-refractivity contribution >= 4 is 21.6 Å². The van der Waals surface area contributed by atoms with Gasteiger partial charge in [0.25, 0.3) is 0 Å². The van der Waals surface area contributed by atoms with Crippen LogP contribution in [0.1, 0.15) is 17.3 Å². The molecule has 7 nitrogen and oxygen atoms in total. The summed E-state index contributed by atoms with van der Waals surface area (Å²) in [5.74, 6) is -0.895. The Morgan fingerprint density at radius 1 is 1.56 bits per heavy atom. The molecular formula is C8H11N3O4S. The van der Waals surface area contributed by atoms with E-state index in [-0.39, 0.29) is 18.0 Å². The summed E-state index contributed by atoms with van der Waals surface area (Å²) in [7, 11) is -3.53. The number of hydrogen-bond donors (Lipinski definition) is 1. The van der Waals surface area contributed by atoms with Gasteiger partial charge in [-0.25, -0.2) is 23.2 Å². The first-order valence-corrected chi connectivity index (χ1v) is 6.25. The van der Waals surface area contributed by atoms with Crippen molar-refractivity contribution in [1.29, 1.82) is 0 Å². The van der Waals surface area contributed by atoms with Gasteiger partial charge in [-0.05, 0) is 6.92 Å². The summed E-state index contributed by atoms with van der Waals surface area (Å²) < 4.78 is 26.9. The van der Waals surface area contributed by atoms with Gasteiger partial charge in [0.2, 0.25) is 15.0 Å². The molecule has 0 bridgehead atoms. The molecule has 0 aromatic carbocycles. The second kappa shape index (κ2) is 4.44. The van der Waals surface area contributed by atoms with Crippen LogP contribution in [0.25, 0.3) is 0 Å². The van der Waals surface area contributed by atoms with Gasteiger partial charge >= 0.3 is 5.97 Å². The highest BCUT2D eigenvalue weighted by atomic mass is 32.2. The fraction of sp³-hybridized carbons (Fsp3) is 0.375. The van der Waals surface area contributed by atoms with Gasteiger partial charge in [-0.3, -0.25) is 0 Å². The fourth-order valence-electron chi connectivity index (χ4n) is 0.923. The van der Waals surface area contributed by atoms with Crippen molar-refractivity contribution in [3.8, 4) is 0 Å². The Bertz CT molecular complexity index is 512. The minimum Gasteiger partial charge on any atom is -0.462 e. The molecule has 0 aliphatic rings. The summed E-state index contributed by atoms with van der Waals surface area (Å²) in [6.07, 6.45) is 1.99. The molecular weight excluding hydrogens is 234 g/mol. The first kappa shape index (κ1) is 12.4. The third-order valence-corrected chi connectivity index (χ3v) is 2.48. The van der Waals surface area contributed by atoms with Crippen molar-refractivity contribution in [2.24, 2.45) is 0 Å². The van der Waals surface area contributed by atoms with E-state index in [4.69, 9.17) is 5.73 Å². The van der Waals surface area contributed by atoms with E-state index in [9.17, 15) is 13.2 Å². The summed E-state index contributed by atoms with van der Waals surface area (Å²) in [4.78, 5) is 18.4. The molecule has 0 saturated carbocycles. The topological polar surface area (TPSA) is 112 Å². The van der Waals surface area contributed by atoms with Crippen LogP contribution in [-0.4, -0.2) is 37.2 Å². The van der Waals surface area contributed by atoms with Crippen molar-refractivity contribution in [1.82, 2.24) is 9.97 Å². The van der Waals surface area contributed by atoms with E-state index in [1.54, 1.807) is 6.92 Å². The molecule has 0 unspecified atom stereocenters. The van der Waals surface area contributed by atoms with E-state index >= 15 is 0 Å². The van der Waals surface area contributed by atoms with Crippen LogP contribution < -0.4 is 5.73 Å². The lowest BCUT2D eigenvalue weighted by Gasteiger charge is -2.04. The lowest BCUT2D eigenvalue weighted by molar-refractivity contribution is 0.0526. The van der Waals surface area contributed by atoms with Crippen molar-refractivity contribution in [2.45, 2.75) is 12.1 Å². The quantitative estimate of drug-likeness (QED) is 0.571. The van der Waals surface area contributed by atoms with Crippen molar-refractivity contribution in [3.63, 3.8) is 0 Å². The Balaban J connectivity index is 3.15.